The first-order chi connectivity index (χ1) is 18.7. The summed E-state index contributed by atoms with van der Waals surface area (Å²) in [6, 6.07) is 6.06. The van der Waals surface area contributed by atoms with Gasteiger partial charge in [0.25, 0.3) is 0 Å². The van der Waals surface area contributed by atoms with Crippen molar-refractivity contribution in [2.75, 3.05) is 6.61 Å². The molecule has 0 N–H and O–H groups in total. The van der Waals surface area contributed by atoms with Crippen LogP contribution in [0.5, 0.6) is 0 Å². The van der Waals surface area contributed by atoms with Gasteiger partial charge < -0.3 is 4.74 Å². The first-order valence-electron chi connectivity index (χ1n) is 13.5. The molecule has 0 aliphatic carbocycles. The molecule has 0 bridgehead atoms. The molecule has 1 aliphatic rings. The van der Waals surface area contributed by atoms with Crippen LogP contribution >= 0.6 is 11.6 Å². The minimum absolute atomic E-state index is 0.184. The summed E-state index contributed by atoms with van der Waals surface area (Å²) in [5.74, 6) is -2.80. The van der Waals surface area contributed by atoms with Gasteiger partial charge in [-0.1, -0.05) is 11.6 Å². The molecule has 1 fully saturated rings. The SMILES string of the molecule is [2H]C([2H])([2H])c1nc2nc([C@@H]3CCO[C@@H](c4ccnc(C)c4)C3)nc(-c3ccc(Cl)c(F)c3F)c2nc1C([2H])([2H])[2H]. The number of halogens is 3. The summed E-state index contributed by atoms with van der Waals surface area (Å²) in [5, 5.41) is -0.460. The number of aromatic nitrogens is 5. The molecule has 1 aliphatic heterocycles. The first kappa shape index (κ1) is 16.5. The van der Waals surface area contributed by atoms with Crippen molar-refractivity contribution in [1.82, 2.24) is 24.9 Å². The normalized spacial score (nSPS) is 21.8. The predicted molar refractivity (Wildman–Crippen MR) is 125 cm³/mol. The summed E-state index contributed by atoms with van der Waals surface area (Å²) < 4.78 is 82.7. The molecule has 0 radical (unpaired) electrons. The van der Waals surface area contributed by atoms with Crippen LogP contribution in [0.4, 0.5) is 8.78 Å². The van der Waals surface area contributed by atoms with E-state index in [-0.39, 0.29) is 40.3 Å². The average Bonchev–Trinajstić information content (AvgIpc) is 2.90. The summed E-state index contributed by atoms with van der Waals surface area (Å²) in [5.41, 5.74) is -0.959. The highest BCUT2D eigenvalue weighted by atomic mass is 35.5. The van der Waals surface area contributed by atoms with E-state index >= 15 is 4.39 Å². The maximum Gasteiger partial charge on any atom is 0.182 e. The fourth-order valence-corrected chi connectivity index (χ4v) is 4.22. The van der Waals surface area contributed by atoms with E-state index in [1.807, 2.05) is 19.1 Å². The Morgan fingerprint density at radius 3 is 2.68 bits per heavy atom. The summed E-state index contributed by atoms with van der Waals surface area (Å²) in [6.45, 7) is -3.70. The highest BCUT2D eigenvalue weighted by Crippen LogP contribution is 2.38. The topological polar surface area (TPSA) is 73.7 Å². The second-order valence-electron chi connectivity index (χ2n) is 8.06. The smallest absolute Gasteiger partial charge is 0.182 e. The van der Waals surface area contributed by atoms with E-state index in [1.54, 1.807) is 6.20 Å². The second kappa shape index (κ2) is 8.92. The van der Waals surface area contributed by atoms with Gasteiger partial charge in [0.1, 0.15) is 17.0 Å². The highest BCUT2D eigenvalue weighted by molar-refractivity contribution is 6.30. The Hall–Kier alpha value is -3.10. The van der Waals surface area contributed by atoms with Gasteiger partial charge in [0.15, 0.2) is 17.3 Å². The Morgan fingerprint density at radius 1 is 1.06 bits per heavy atom. The Kier molecular flexibility index (Phi) is 4.33. The van der Waals surface area contributed by atoms with Crippen molar-refractivity contribution in [1.29, 1.82) is 0 Å². The third-order valence-electron chi connectivity index (χ3n) is 5.78. The van der Waals surface area contributed by atoms with Crippen LogP contribution in [0.1, 0.15) is 61.6 Å². The molecule has 6 nitrogen and oxygen atoms in total. The molecule has 5 rings (SSSR count). The minimum atomic E-state index is -2.97. The van der Waals surface area contributed by atoms with Crippen molar-refractivity contribution in [3.05, 3.63) is 75.6 Å². The van der Waals surface area contributed by atoms with Crippen molar-refractivity contribution < 1.29 is 21.7 Å². The fourth-order valence-electron chi connectivity index (χ4n) is 4.07. The van der Waals surface area contributed by atoms with Crippen molar-refractivity contribution in [2.24, 2.45) is 0 Å². The van der Waals surface area contributed by atoms with Crippen LogP contribution in [0.15, 0.2) is 30.5 Å². The first-order valence-corrected chi connectivity index (χ1v) is 10.9. The van der Waals surface area contributed by atoms with E-state index in [0.29, 0.717) is 19.4 Å². The number of ether oxygens (including phenoxy) is 1. The summed E-state index contributed by atoms with van der Waals surface area (Å²) in [7, 11) is 0. The minimum Gasteiger partial charge on any atom is -0.373 e. The quantitative estimate of drug-likeness (QED) is 0.331. The molecule has 34 heavy (non-hydrogen) atoms. The maximum absolute atomic E-state index is 15.2. The number of hydrogen-bond acceptors (Lipinski definition) is 6. The van der Waals surface area contributed by atoms with Crippen molar-refractivity contribution in [2.45, 2.75) is 45.5 Å². The van der Waals surface area contributed by atoms with Crippen LogP contribution in [-0.4, -0.2) is 31.5 Å². The van der Waals surface area contributed by atoms with Gasteiger partial charge in [0.05, 0.1) is 22.5 Å². The van der Waals surface area contributed by atoms with Gasteiger partial charge in [-0.3, -0.25) is 4.98 Å². The third-order valence-corrected chi connectivity index (χ3v) is 6.07. The fraction of sp³-hybridized carbons (Fsp3) is 0.320. The van der Waals surface area contributed by atoms with Gasteiger partial charge in [0, 0.05) is 38.2 Å². The lowest BCUT2D eigenvalue weighted by molar-refractivity contribution is 0.00393. The second-order valence-corrected chi connectivity index (χ2v) is 8.46. The van der Waals surface area contributed by atoms with Gasteiger partial charge in [0.2, 0.25) is 0 Å². The zero-order valence-electron chi connectivity index (χ0n) is 23.9. The van der Waals surface area contributed by atoms with Gasteiger partial charge in [-0.25, -0.2) is 28.7 Å². The van der Waals surface area contributed by atoms with Gasteiger partial charge in [-0.05, 0) is 63.3 Å². The molecule has 9 heteroatoms. The van der Waals surface area contributed by atoms with Gasteiger partial charge in [-0.15, -0.1) is 0 Å². The van der Waals surface area contributed by atoms with Gasteiger partial charge >= 0.3 is 0 Å². The molecule has 3 aromatic heterocycles. The zero-order valence-corrected chi connectivity index (χ0v) is 18.7. The number of pyridine rings is 1. The monoisotopic (exact) mass is 487 g/mol. The lowest BCUT2D eigenvalue weighted by Crippen LogP contribution is -2.21. The molecule has 4 aromatic rings. The molecule has 174 valence electrons. The molecular formula is C25H22ClF2N5O. The molecule has 0 saturated carbocycles. The van der Waals surface area contributed by atoms with E-state index in [2.05, 4.69) is 24.9 Å². The summed E-state index contributed by atoms with van der Waals surface area (Å²) in [6.07, 6.45) is 2.26. The lowest BCUT2D eigenvalue weighted by Gasteiger charge is -2.29. The van der Waals surface area contributed by atoms with E-state index in [4.69, 9.17) is 24.6 Å². The van der Waals surface area contributed by atoms with Crippen molar-refractivity contribution in [3.63, 3.8) is 0 Å². The van der Waals surface area contributed by atoms with E-state index < -0.39 is 41.7 Å². The molecular weight excluding hydrogens is 460 g/mol. The molecule has 1 saturated heterocycles. The third kappa shape index (κ3) is 4.12. The number of fused-ring (bicyclic) bond motifs is 1. The van der Waals surface area contributed by atoms with E-state index in [9.17, 15) is 4.39 Å². The summed E-state index contributed by atoms with van der Waals surface area (Å²) >= 11 is 5.76. The van der Waals surface area contributed by atoms with E-state index in [1.165, 1.54) is 6.07 Å². The van der Waals surface area contributed by atoms with Crippen LogP contribution in [-0.2, 0) is 4.74 Å². The standard InChI is InChI=1S/C25H22ClF2N5O/c1-12-10-15(6-8-29-12)19-11-16(7-9-34-19)24-32-22(17-4-5-18(26)21(28)20(17)27)23-25(33-24)31-14(3)13(2)30-23/h4-6,8,10,16,19H,7,9,11H2,1-3H3/t16-,19-/m1/s1/i2D3,3D3. The Morgan fingerprint density at radius 2 is 1.88 bits per heavy atom. The number of benzene rings is 1. The van der Waals surface area contributed by atoms with Crippen LogP contribution in [0.2, 0.25) is 5.02 Å². The Balaban J connectivity index is 1.73. The van der Waals surface area contributed by atoms with E-state index in [0.717, 1.165) is 17.3 Å². The van der Waals surface area contributed by atoms with Crippen LogP contribution in [0, 0.1) is 32.3 Å². The number of aryl methyl sites for hydroxylation is 3. The Labute approximate surface area is 208 Å². The van der Waals surface area contributed by atoms with Gasteiger partial charge in [-0.2, -0.15) is 0 Å². The lowest BCUT2D eigenvalue weighted by atomic mass is 9.91. The Bertz CT molecular complexity index is 1620. The molecule has 2 atom stereocenters. The van der Waals surface area contributed by atoms with Crippen molar-refractivity contribution >= 4 is 22.8 Å². The number of nitrogens with zero attached hydrogens (tertiary/aromatic N) is 5. The molecule has 0 spiro atoms. The molecule has 0 amide bonds. The maximum atomic E-state index is 15.2. The zero-order chi connectivity index (χ0) is 29.0. The average molecular weight is 488 g/mol. The number of rotatable bonds is 3. The molecule has 1 aromatic carbocycles. The molecule has 0 unspecified atom stereocenters. The largest absolute Gasteiger partial charge is 0.373 e. The predicted octanol–water partition coefficient (Wildman–Crippen LogP) is 5.97. The summed E-state index contributed by atoms with van der Waals surface area (Å²) in [4.78, 5) is 21.4. The van der Waals surface area contributed by atoms with Crippen LogP contribution < -0.4 is 0 Å². The highest BCUT2D eigenvalue weighted by Gasteiger charge is 2.29. The van der Waals surface area contributed by atoms with Crippen molar-refractivity contribution in [3.8, 4) is 11.3 Å². The van der Waals surface area contributed by atoms with Crippen LogP contribution in [0.3, 0.4) is 0 Å². The molecule has 4 heterocycles. The van der Waals surface area contributed by atoms with Crippen LogP contribution in [0.25, 0.3) is 22.4 Å². The number of hydrogen-bond donors (Lipinski definition) is 0.